The van der Waals surface area contributed by atoms with Crippen LogP contribution in [-0.4, -0.2) is 12.0 Å². The molecule has 88 valence electrons. The maximum atomic E-state index is 6.30. The fraction of sp³-hybridized carbons (Fsp3) is 0.571. The molecule has 1 fully saturated rings. The molecule has 1 atom stereocenters. The summed E-state index contributed by atoms with van der Waals surface area (Å²) >= 11 is 6.30. The van der Waals surface area contributed by atoms with Crippen LogP contribution in [0.4, 0.5) is 0 Å². The second-order valence-corrected chi connectivity index (χ2v) is 5.03. The minimum Gasteiger partial charge on any atom is -0.494 e. The van der Waals surface area contributed by atoms with Gasteiger partial charge in [0.2, 0.25) is 0 Å². The monoisotopic (exact) mass is 238 g/mol. The Labute approximate surface area is 103 Å². The SMILES string of the molecule is CCOc1cccc(CCC(Cl)C2CC2)c1. The van der Waals surface area contributed by atoms with Gasteiger partial charge >= 0.3 is 0 Å². The molecule has 0 aromatic heterocycles. The van der Waals surface area contributed by atoms with Crippen LogP contribution in [0.2, 0.25) is 0 Å². The lowest BCUT2D eigenvalue weighted by molar-refractivity contribution is 0.340. The van der Waals surface area contributed by atoms with Gasteiger partial charge in [0, 0.05) is 5.38 Å². The molecule has 1 nitrogen and oxygen atoms in total. The fourth-order valence-electron chi connectivity index (χ4n) is 1.96. The molecule has 0 N–H and O–H groups in total. The van der Waals surface area contributed by atoms with E-state index in [0.29, 0.717) is 5.38 Å². The molecule has 1 aromatic carbocycles. The lowest BCUT2D eigenvalue weighted by atomic mass is 10.1. The van der Waals surface area contributed by atoms with Gasteiger partial charge in [-0.1, -0.05) is 12.1 Å². The highest BCUT2D eigenvalue weighted by Gasteiger charge is 2.29. The van der Waals surface area contributed by atoms with Crippen LogP contribution < -0.4 is 4.74 Å². The molecule has 1 aliphatic carbocycles. The standard InChI is InChI=1S/C14H19ClO/c1-2-16-13-5-3-4-11(10-13)6-9-14(15)12-7-8-12/h3-5,10,12,14H,2,6-9H2,1H3. The van der Waals surface area contributed by atoms with Crippen LogP contribution in [0.3, 0.4) is 0 Å². The van der Waals surface area contributed by atoms with Gasteiger partial charge < -0.3 is 4.74 Å². The number of halogens is 1. The highest BCUT2D eigenvalue weighted by atomic mass is 35.5. The van der Waals surface area contributed by atoms with Crippen LogP contribution in [0.1, 0.15) is 31.7 Å². The average Bonchev–Trinajstić information content (AvgIpc) is 3.11. The van der Waals surface area contributed by atoms with Crippen molar-refractivity contribution < 1.29 is 4.74 Å². The predicted molar refractivity (Wildman–Crippen MR) is 68.3 cm³/mol. The number of benzene rings is 1. The van der Waals surface area contributed by atoms with Crippen molar-refractivity contribution in [2.75, 3.05) is 6.61 Å². The van der Waals surface area contributed by atoms with E-state index in [1.54, 1.807) is 0 Å². The number of alkyl halides is 1. The highest BCUT2D eigenvalue weighted by molar-refractivity contribution is 6.20. The zero-order valence-electron chi connectivity index (χ0n) is 9.79. The molecule has 2 heteroatoms. The summed E-state index contributed by atoms with van der Waals surface area (Å²) in [5.41, 5.74) is 1.33. The van der Waals surface area contributed by atoms with Crippen LogP contribution >= 0.6 is 11.6 Å². The molecule has 0 radical (unpaired) electrons. The van der Waals surface area contributed by atoms with Crippen molar-refractivity contribution in [2.45, 2.75) is 38.0 Å². The molecule has 0 spiro atoms. The van der Waals surface area contributed by atoms with E-state index in [1.807, 2.05) is 13.0 Å². The number of aryl methyl sites for hydroxylation is 1. The first-order valence-corrected chi connectivity index (χ1v) is 6.59. The first kappa shape index (κ1) is 11.8. The average molecular weight is 239 g/mol. The molecule has 0 aliphatic heterocycles. The van der Waals surface area contributed by atoms with E-state index in [2.05, 4.69) is 18.2 Å². The Balaban J connectivity index is 1.85. The minimum atomic E-state index is 0.371. The van der Waals surface area contributed by atoms with E-state index >= 15 is 0 Å². The van der Waals surface area contributed by atoms with E-state index in [4.69, 9.17) is 16.3 Å². The van der Waals surface area contributed by atoms with E-state index in [9.17, 15) is 0 Å². The Kier molecular flexibility index (Phi) is 4.11. The number of hydrogen-bond acceptors (Lipinski definition) is 1. The molecule has 2 rings (SSSR count). The summed E-state index contributed by atoms with van der Waals surface area (Å²) < 4.78 is 5.48. The summed E-state index contributed by atoms with van der Waals surface area (Å²) in [6.45, 7) is 2.73. The lowest BCUT2D eigenvalue weighted by Crippen LogP contribution is -2.03. The molecule has 1 saturated carbocycles. The molecule has 1 unspecified atom stereocenters. The molecule has 1 aromatic rings. The van der Waals surface area contributed by atoms with Gasteiger partial charge in [-0.05, 0) is 56.2 Å². The predicted octanol–water partition coefficient (Wildman–Crippen LogP) is 4.04. The van der Waals surface area contributed by atoms with Crippen molar-refractivity contribution in [3.05, 3.63) is 29.8 Å². The molecular weight excluding hydrogens is 220 g/mol. The van der Waals surface area contributed by atoms with E-state index in [-0.39, 0.29) is 0 Å². The first-order chi connectivity index (χ1) is 7.79. The van der Waals surface area contributed by atoms with E-state index in [1.165, 1.54) is 18.4 Å². The van der Waals surface area contributed by atoms with Crippen molar-refractivity contribution in [3.8, 4) is 5.75 Å². The maximum absolute atomic E-state index is 6.30. The van der Waals surface area contributed by atoms with Crippen molar-refractivity contribution in [1.29, 1.82) is 0 Å². The normalized spacial score (nSPS) is 17.1. The highest BCUT2D eigenvalue weighted by Crippen LogP contribution is 2.37. The van der Waals surface area contributed by atoms with Gasteiger partial charge in [-0.3, -0.25) is 0 Å². The van der Waals surface area contributed by atoms with Gasteiger partial charge in [0.25, 0.3) is 0 Å². The van der Waals surface area contributed by atoms with Crippen molar-refractivity contribution in [1.82, 2.24) is 0 Å². The third kappa shape index (κ3) is 3.41. The third-order valence-electron chi connectivity index (χ3n) is 3.05. The zero-order chi connectivity index (χ0) is 11.4. The van der Waals surface area contributed by atoms with Crippen LogP contribution in [0.25, 0.3) is 0 Å². The molecule has 0 saturated heterocycles. The van der Waals surface area contributed by atoms with Gasteiger partial charge in [-0.2, -0.15) is 0 Å². The van der Waals surface area contributed by atoms with Crippen LogP contribution in [0.15, 0.2) is 24.3 Å². The molecule has 0 amide bonds. The summed E-state index contributed by atoms with van der Waals surface area (Å²) in [4.78, 5) is 0. The maximum Gasteiger partial charge on any atom is 0.119 e. The Bertz CT molecular complexity index is 333. The summed E-state index contributed by atoms with van der Waals surface area (Å²) in [5.74, 6) is 1.76. The fourth-order valence-corrected chi connectivity index (χ4v) is 2.32. The van der Waals surface area contributed by atoms with Gasteiger partial charge in [0.15, 0.2) is 0 Å². The van der Waals surface area contributed by atoms with Gasteiger partial charge in [0.05, 0.1) is 6.61 Å². The number of rotatable bonds is 6. The molecular formula is C14H19ClO. The van der Waals surface area contributed by atoms with Crippen LogP contribution in [0, 0.1) is 5.92 Å². The minimum absolute atomic E-state index is 0.371. The topological polar surface area (TPSA) is 9.23 Å². The second kappa shape index (κ2) is 5.58. The Morgan fingerprint density at radius 1 is 1.44 bits per heavy atom. The smallest absolute Gasteiger partial charge is 0.119 e. The Morgan fingerprint density at radius 2 is 2.25 bits per heavy atom. The van der Waals surface area contributed by atoms with Crippen LogP contribution in [-0.2, 0) is 6.42 Å². The third-order valence-corrected chi connectivity index (χ3v) is 3.63. The quantitative estimate of drug-likeness (QED) is 0.680. The van der Waals surface area contributed by atoms with Crippen molar-refractivity contribution >= 4 is 11.6 Å². The van der Waals surface area contributed by atoms with Gasteiger partial charge in [0.1, 0.15) is 5.75 Å². The largest absolute Gasteiger partial charge is 0.494 e. The summed E-state index contributed by atoms with van der Waals surface area (Å²) in [6.07, 6.45) is 4.80. The summed E-state index contributed by atoms with van der Waals surface area (Å²) in [7, 11) is 0. The molecule has 16 heavy (non-hydrogen) atoms. The number of ether oxygens (including phenoxy) is 1. The molecule has 0 heterocycles. The van der Waals surface area contributed by atoms with Crippen molar-refractivity contribution in [2.24, 2.45) is 5.92 Å². The first-order valence-electron chi connectivity index (χ1n) is 6.15. The number of hydrogen-bond donors (Lipinski definition) is 0. The molecule has 0 bridgehead atoms. The van der Waals surface area contributed by atoms with Crippen molar-refractivity contribution in [3.63, 3.8) is 0 Å². The van der Waals surface area contributed by atoms with Crippen LogP contribution in [0.5, 0.6) is 5.75 Å². The van der Waals surface area contributed by atoms with E-state index < -0.39 is 0 Å². The summed E-state index contributed by atoms with van der Waals surface area (Å²) in [6, 6.07) is 8.34. The lowest BCUT2D eigenvalue weighted by Gasteiger charge is -2.09. The van der Waals surface area contributed by atoms with Gasteiger partial charge in [-0.15, -0.1) is 11.6 Å². The molecule has 1 aliphatic rings. The summed E-state index contributed by atoms with van der Waals surface area (Å²) in [5, 5.41) is 0.371. The zero-order valence-corrected chi connectivity index (χ0v) is 10.5. The Morgan fingerprint density at radius 3 is 2.94 bits per heavy atom. The second-order valence-electron chi connectivity index (χ2n) is 4.47. The Hall–Kier alpha value is -0.690. The van der Waals surface area contributed by atoms with E-state index in [0.717, 1.165) is 31.1 Å². The van der Waals surface area contributed by atoms with Gasteiger partial charge in [-0.25, -0.2) is 0 Å².